The second kappa shape index (κ2) is 9.98. The summed E-state index contributed by atoms with van der Waals surface area (Å²) in [6.45, 7) is 1.70. The van der Waals surface area contributed by atoms with E-state index in [9.17, 15) is 14.7 Å². The second-order valence-corrected chi connectivity index (χ2v) is 8.63. The minimum Gasteiger partial charge on any atom is -0.506 e. The first-order chi connectivity index (χ1) is 14.8. The first-order valence-electron chi connectivity index (χ1n) is 9.30. The Morgan fingerprint density at radius 3 is 2.55 bits per heavy atom. The number of ether oxygens (including phenoxy) is 1. The topological polar surface area (TPSA) is 95.9 Å². The maximum absolute atomic E-state index is 12.8. The average molecular weight is 549 g/mol. The van der Waals surface area contributed by atoms with Gasteiger partial charge in [0.15, 0.2) is 0 Å². The Morgan fingerprint density at radius 2 is 1.81 bits per heavy atom. The molecule has 3 aromatic rings. The lowest BCUT2D eigenvalue weighted by molar-refractivity contribution is -0.131. The molecule has 0 unspecified atom stereocenters. The fraction of sp³-hybridized carbons (Fsp3) is 0.130. The van der Waals surface area contributed by atoms with Gasteiger partial charge in [0.2, 0.25) is 0 Å². The third kappa shape index (κ3) is 5.65. The number of rotatable bonds is 6. The largest absolute Gasteiger partial charge is 0.506 e. The van der Waals surface area contributed by atoms with Gasteiger partial charge in [-0.15, -0.1) is 0 Å². The van der Waals surface area contributed by atoms with Crippen molar-refractivity contribution in [1.82, 2.24) is 0 Å². The normalized spacial score (nSPS) is 13.1. The average Bonchev–Trinajstić information content (AvgIpc) is 2.73. The molecular formula is C23H19Br2NO5. The summed E-state index contributed by atoms with van der Waals surface area (Å²) < 4.78 is 6.75. The summed E-state index contributed by atoms with van der Waals surface area (Å²) in [5.74, 6) is -1.76. The van der Waals surface area contributed by atoms with Crippen LogP contribution in [-0.2, 0) is 9.53 Å². The predicted octanol–water partition coefficient (Wildman–Crippen LogP) is 6.64. The van der Waals surface area contributed by atoms with Crippen LogP contribution in [0.4, 0.5) is 10.5 Å². The first-order valence-corrected chi connectivity index (χ1v) is 10.9. The molecule has 0 heterocycles. The highest BCUT2D eigenvalue weighted by atomic mass is 79.9. The van der Waals surface area contributed by atoms with E-state index in [1.165, 1.54) is 6.08 Å². The van der Waals surface area contributed by atoms with Gasteiger partial charge in [-0.25, -0.2) is 9.59 Å². The van der Waals surface area contributed by atoms with Gasteiger partial charge in [-0.3, -0.25) is 5.32 Å². The number of halogens is 2. The van der Waals surface area contributed by atoms with Crippen molar-refractivity contribution in [3.05, 3.63) is 81.3 Å². The second-order valence-electron chi connectivity index (χ2n) is 6.86. The van der Waals surface area contributed by atoms with Crippen molar-refractivity contribution in [3.63, 3.8) is 0 Å². The third-order valence-corrected chi connectivity index (χ3v) is 5.71. The van der Waals surface area contributed by atoms with Crippen LogP contribution in [-0.4, -0.2) is 22.3 Å². The van der Waals surface area contributed by atoms with Crippen LogP contribution in [0.2, 0.25) is 0 Å². The number of amides is 1. The summed E-state index contributed by atoms with van der Waals surface area (Å²) >= 11 is 6.64. The SMILES string of the molecule is C[C@@H](/C=C/C(=O)O)[C@@H](OC(=O)Nc1cccc2ccccc12)c1cc(Br)cc(Br)c1O. The molecule has 1 amide bonds. The van der Waals surface area contributed by atoms with E-state index < -0.39 is 24.1 Å². The number of aliphatic carboxylic acids is 1. The maximum atomic E-state index is 12.8. The van der Waals surface area contributed by atoms with Crippen LogP contribution in [0, 0.1) is 5.92 Å². The number of phenols is 1. The van der Waals surface area contributed by atoms with Crippen LogP contribution in [0.15, 0.2) is 75.7 Å². The Balaban J connectivity index is 1.92. The number of hydrogen-bond donors (Lipinski definition) is 3. The monoisotopic (exact) mass is 547 g/mol. The van der Waals surface area contributed by atoms with Crippen LogP contribution < -0.4 is 5.32 Å². The van der Waals surface area contributed by atoms with Crippen LogP contribution >= 0.6 is 31.9 Å². The smallest absolute Gasteiger partial charge is 0.412 e. The Labute approximate surface area is 195 Å². The van der Waals surface area contributed by atoms with E-state index in [-0.39, 0.29) is 5.75 Å². The molecule has 3 rings (SSSR count). The molecular weight excluding hydrogens is 530 g/mol. The Morgan fingerprint density at radius 1 is 1.10 bits per heavy atom. The van der Waals surface area contributed by atoms with Gasteiger partial charge in [-0.1, -0.05) is 65.3 Å². The zero-order chi connectivity index (χ0) is 22.5. The fourth-order valence-corrected chi connectivity index (χ4v) is 4.44. The molecule has 160 valence electrons. The molecule has 6 nitrogen and oxygen atoms in total. The van der Waals surface area contributed by atoms with Gasteiger partial charge in [0.25, 0.3) is 0 Å². The Hall–Kier alpha value is -2.84. The number of carboxylic acids is 1. The van der Waals surface area contributed by atoms with E-state index in [2.05, 4.69) is 37.2 Å². The summed E-state index contributed by atoms with van der Waals surface area (Å²) in [6, 6.07) is 16.4. The number of benzene rings is 3. The molecule has 0 aliphatic carbocycles. The fourth-order valence-electron chi connectivity index (χ4n) is 3.18. The molecule has 0 bridgehead atoms. The van der Waals surface area contributed by atoms with Crippen molar-refractivity contribution >= 4 is 60.4 Å². The van der Waals surface area contributed by atoms with Gasteiger partial charge in [0, 0.05) is 27.4 Å². The minimum absolute atomic E-state index is 0.0956. The van der Waals surface area contributed by atoms with Gasteiger partial charge in [-0.05, 0) is 39.5 Å². The summed E-state index contributed by atoms with van der Waals surface area (Å²) in [4.78, 5) is 23.7. The van der Waals surface area contributed by atoms with Gasteiger partial charge in [0.05, 0.1) is 10.2 Å². The lowest BCUT2D eigenvalue weighted by Crippen LogP contribution is -2.21. The van der Waals surface area contributed by atoms with Crippen molar-refractivity contribution in [2.45, 2.75) is 13.0 Å². The Kier molecular flexibility index (Phi) is 7.35. The summed E-state index contributed by atoms with van der Waals surface area (Å²) in [7, 11) is 0. The first kappa shape index (κ1) is 22.8. The Bertz CT molecular complexity index is 1160. The molecule has 31 heavy (non-hydrogen) atoms. The van der Waals surface area contributed by atoms with Gasteiger partial charge in [0.1, 0.15) is 11.9 Å². The number of carbonyl (C=O) groups excluding carboxylic acids is 1. The predicted molar refractivity (Wildman–Crippen MR) is 126 cm³/mol. The quantitative estimate of drug-likeness (QED) is 0.300. The lowest BCUT2D eigenvalue weighted by Gasteiger charge is -2.24. The number of fused-ring (bicyclic) bond motifs is 1. The van der Waals surface area contributed by atoms with Crippen molar-refractivity contribution in [3.8, 4) is 5.75 Å². The molecule has 3 N–H and O–H groups in total. The molecule has 3 aromatic carbocycles. The van der Waals surface area contributed by atoms with Gasteiger partial charge in [-0.2, -0.15) is 0 Å². The standard InChI is InChI=1S/C23H19Br2NO5/c1-13(9-10-20(27)28)22(17-11-15(24)12-18(25)21(17)29)31-23(30)26-19-8-4-6-14-5-2-3-7-16(14)19/h2-13,22,29H,1H3,(H,26,30)(H,27,28)/b10-9+/t13-,22+/m0/s1. The highest BCUT2D eigenvalue weighted by molar-refractivity contribution is 9.11. The molecule has 0 aliphatic rings. The van der Waals surface area contributed by atoms with Crippen molar-refractivity contribution in [2.24, 2.45) is 5.92 Å². The molecule has 0 radical (unpaired) electrons. The summed E-state index contributed by atoms with van der Waals surface area (Å²) in [6.07, 6.45) is 0.715. The van der Waals surface area contributed by atoms with E-state index >= 15 is 0 Å². The number of nitrogens with one attached hydrogen (secondary N) is 1. The van der Waals surface area contributed by atoms with Crippen LogP contribution in [0.25, 0.3) is 10.8 Å². The van der Waals surface area contributed by atoms with Crippen molar-refractivity contribution < 1.29 is 24.5 Å². The van der Waals surface area contributed by atoms with Crippen LogP contribution in [0.1, 0.15) is 18.6 Å². The number of phenolic OH excluding ortho intramolecular Hbond substituents is 1. The molecule has 0 aliphatic heterocycles. The lowest BCUT2D eigenvalue weighted by atomic mass is 9.96. The maximum Gasteiger partial charge on any atom is 0.412 e. The number of carboxylic acid groups (broad SMARTS) is 1. The van der Waals surface area contributed by atoms with Crippen molar-refractivity contribution in [1.29, 1.82) is 0 Å². The molecule has 0 saturated heterocycles. The molecule has 0 spiro atoms. The zero-order valence-corrected chi connectivity index (χ0v) is 19.6. The molecule has 0 saturated carbocycles. The number of aromatic hydroxyl groups is 1. The molecule has 0 fully saturated rings. The summed E-state index contributed by atoms with van der Waals surface area (Å²) in [5.41, 5.74) is 0.909. The van der Waals surface area contributed by atoms with E-state index in [0.29, 0.717) is 20.2 Å². The molecule has 8 heteroatoms. The van der Waals surface area contributed by atoms with Gasteiger partial charge < -0.3 is 14.9 Å². The highest BCUT2D eigenvalue weighted by Crippen LogP contribution is 2.40. The van der Waals surface area contributed by atoms with Crippen molar-refractivity contribution in [2.75, 3.05) is 5.32 Å². The molecule has 2 atom stereocenters. The van der Waals surface area contributed by atoms with Gasteiger partial charge >= 0.3 is 12.1 Å². The van der Waals surface area contributed by atoms with E-state index in [0.717, 1.165) is 16.8 Å². The minimum atomic E-state index is -1.12. The van der Waals surface area contributed by atoms with Crippen LogP contribution in [0.3, 0.4) is 0 Å². The number of hydrogen-bond acceptors (Lipinski definition) is 4. The van der Waals surface area contributed by atoms with Crippen LogP contribution in [0.5, 0.6) is 5.75 Å². The van der Waals surface area contributed by atoms with E-state index in [1.807, 2.05) is 36.4 Å². The number of anilines is 1. The van der Waals surface area contributed by atoms with E-state index in [1.54, 1.807) is 25.1 Å². The molecule has 0 aromatic heterocycles. The highest BCUT2D eigenvalue weighted by Gasteiger charge is 2.27. The number of carbonyl (C=O) groups is 2. The zero-order valence-electron chi connectivity index (χ0n) is 16.4. The van der Waals surface area contributed by atoms with E-state index in [4.69, 9.17) is 9.84 Å². The third-order valence-electron chi connectivity index (χ3n) is 4.64. The summed E-state index contributed by atoms with van der Waals surface area (Å²) in [5, 5.41) is 24.1.